The topological polar surface area (TPSA) is 45.1 Å². The molecular formula is C12H13ClN2O. The van der Waals surface area contributed by atoms with Crippen molar-refractivity contribution in [2.75, 3.05) is 5.32 Å². The smallest absolute Gasteiger partial charge is 0.126 e. The maximum Gasteiger partial charge on any atom is 0.126 e. The summed E-state index contributed by atoms with van der Waals surface area (Å²) in [6.45, 7) is 0.573. The van der Waals surface area contributed by atoms with Crippen molar-refractivity contribution in [3.05, 3.63) is 54.2 Å². The Balaban J connectivity index is 0.00000128. The SMILES string of the molecule is Cl.Oc1ccccc1CNc1ccccn1. The largest absolute Gasteiger partial charge is 0.508 e. The van der Waals surface area contributed by atoms with Gasteiger partial charge < -0.3 is 10.4 Å². The summed E-state index contributed by atoms with van der Waals surface area (Å²) in [7, 11) is 0. The number of benzene rings is 1. The molecule has 1 aromatic carbocycles. The number of phenolic OH excluding ortho intramolecular Hbond substituents is 1. The number of pyridine rings is 1. The van der Waals surface area contributed by atoms with Gasteiger partial charge in [0.2, 0.25) is 0 Å². The minimum Gasteiger partial charge on any atom is -0.508 e. The van der Waals surface area contributed by atoms with Gasteiger partial charge in [0.15, 0.2) is 0 Å². The van der Waals surface area contributed by atoms with Crippen LogP contribution in [0.15, 0.2) is 48.7 Å². The highest BCUT2D eigenvalue weighted by Gasteiger charge is 1.98. The van der Waals surface area contributed by atoms with E-state index in [2.05, 4.69) is 10.3 Å². The van der Waals surface area contributed by atoms with Gasteiger partial charge in [-0.1, -0.05) is 24.3 Å². The van der Waals surface area contributed by atoms with E-state index in [0.717, 1.165) is 11.4 Å². The first-order chi connectivity index (χ1) is 7.36. The fourth-order valence-electron chi connectivity index (χ4n) is 1.31. The van der Waals surface area contributed by atoms with Crippen LogP contribution in [0.5, 0.6) is 5.75 Å². The summed E-state index contributed by atoms with van der Waals surface area (Å²) in [6, 6.07) is 12.9. The molecule has 0 fully saturated rings. The molecule has 0 saturated heterocycles. The van der Waals surface area contributed by atoms with Crippen molar-refractivity contribution in [2.45, 2.75) is 6.54 Å². The summed E-state index contributed by atoms with van der Waals surface area (Å²) in [5, 5.41) is 12.7. The summed E-state index contributed by atoms with van der Waals surface area (Å²) in [4.78, 5) is 4.13. The summed E-state index contributed by atoms with van der Waals surface area (Å²) in [6.07, 6.45) is 1.73. The van der Waals surface area contributed by atoms with Crippen LogP contribution in [-0.4, -0.2) is 10.1 Å². The number of halogens is 1. The standard InChI is InChI=1S/C12H12N2O.ClH/c15-11-6-2-1-5-10(11)9-14-12-7-3-4-8-13-12;/h1-8,15H,9H2,(H,13,14);1H. The van der Waals surface area contributed by atoms with E-state index in [0.29, 0.717) is 12.3 Å². The zero-order valence-electron chi connectivity index (χ0n) is 8.63. The average Bonchev–Trinajstić information content (AvgIpc) is 2.29. The van der Waals surface area contributed by atoms with Crippen LogP contribution in [0.25, 0.3) is 0 Å². The van der Waals surface area contributed by atoms with Gasteiger partial charge >= 0.3 is 0 Å². The number of aromatic nitrogens is 1. The van der Waals surface area contributed by atoms with Gasteiger partial charge in [0, 0.05) is 18.3 Å². The highest BCUT2D eigenvalue weighted by atomic mass is 35.5. The molecule has 0 atom stereocenters. The van der Waals surface area contributed by atoms with Gasteiger partial charge in [-0.15, -0.1) is 12.4 Å². The van der Waals surface area contributed by atoms with E-state index in [9.17, 15) is 5.11 Å². The molecule has 0 spiro atoms. The molecule has 2 rings (SSSR count). The van der Waals surface area contributed by atoms with Crippen molar-refractivity contribution >= 4 is 18.2 Å². The first-order valence-electron chi connectivity index (χ1n) is 4.78. The summed E-state index contributed by atoms with van der Waals surface area (Å²) in [5.74, 6) is 1.11. The lowest BCUT2D eigenvalue weighted by atomic mass is 10.2. The Labute approximate surface area is 101 Å². The highest BCUT2D eigenvalue weighted by Crippen LogP contribution is 2.16. The van der Waals surface area contributed by atoms with Crippen LogP contribution in [-0.2, 0) is 6.54 Å². The molecule has 3 nitrogen and oxygen atoms in total. The van der Waals surface area contributed by atoms with Gasteiger partial charge in [-0.2, -0.15) is 0 Å². The Bertz CT molecular complexity index is 434. The first kappa shape index (κ1) is 12.3. The summed E-state index contributed by atoms with van der Waals surface area (Å²) < 4.78 is 0. The van der Waals surface area contributed by atoms with Crippen molar-refractivity contribution < 1.29 is 5.11 Å². The fourth-order valence-corrected chi connectivity index (χ4v) is 1.31. The number of nitrogens with zero attached hydrogens (tertiary/aromatic N) is 1. The second kappa shape index (κ2) is 5.98. The molecule has 1 aromatic heterocycles. The van der Waals surface area contributed by atoms with Crippen LogP contribution < -0.4 is 5.32 Å². The Hall–Kier alpha value is -1.74. The first-order valence-corrected chi connectivity index (χ1v) is 4.78. The van der Waals surface area contributed by atoms with Gasteiger partial charge in [-0.25, -0.2) is 4.98 Å². The van der Waals surface area contributed by atoms with Crippen LogP contribution in [0.1, 0.15) is 5.56 Å². The van der Waals surface area contributed by atoms with E-state index in [4.69, 9.17) is 0 Å². The van der Waals surface area contributed by atoms with Gasteiger partial charge in [0.05, 0.1) is 0 Å². The monoisotopic (exact) mass is 236 g/mol. The Morgan fingerprint density at radius 3 is 2.50 bits per heavy atom. The number of para-hydroxylation sites is 1. The van der Waals surface area contributed by atoms with Crippen molar-refractivity contribution in [2.24, 2.45) is 0 Å². The molecule has 4 heteroatoms. The summed E-state index contributed by atoms with van der Waals surface area (Å²) in [5.41, 5.74) is 0.864. The van der Waals surface area contributed by atoms with Crippen LogP contribution >= 0.6 is 12.4 Å². The second-order valence-corrected chi connectivity index (χ2v) is 3.20. The van der Waals surface area contributed by atoms with Crippen LogP contribution in [0.4, 0.5) is 5.82 Å². The number of rotatable bonds is 3. The highest BCUT2D eigenvalue weighted by molar-refractivity contribution is 5.85. The van der Waals surface area contributed by atoms with E-state index >= 15 is 0 Å². The Morgan fingerprint density at radius 1 is 1.06 bits per heavy atom. The van der Waals surface area contributed by atoms with E-state index in [1.807, 2.05) is 30.3 Å². The number of aromatic hydroxyl groups is 1. The second-order valence-electron chi connectivity index (χ2n) is 3.20. The van der Waals surface area contributed by atoms with Crippen molar-refractivity contribution in [3.8, 4) is 5.75 Å². The van der Waals surface area contributed by atoms with Crippen LogP contribution in [0.2, 0.25) is 0 Å². The number of hydrogen-bond acceptors (Lipinski definition) is 3. The third-order valence-electron chi connectivity index (χ3n) is 2.12. The molecule has 16 heavy (non-hydrogen) atoms. The van der Waals surface area contributed by atoms with Crippen molar-refractivity contribution in [1.82, 2.24) is 4.98 Å². The van der Waals surface area contributed by atoms with Crippen LogP contribution in [0.3, 0.4) is 0 Å². The molecule has 84 valence electrons. The Morgan fingerprint density at radius 2 is 1.81 bits per heavy atom. The molecule has 0 radical (unpaired) electrons. The lowest BCUT2D eigenvalue weighted by molar-refractivity contribution is 0.469. The summed E-state index contributed by atoms with van der Waals surface area (Å²) >= 11 is 0. The Kier molecular flexibility index (Phi) is 4.61. The zero-order valence-corrected chi connectivity index (χ0v) is 9.45. The molecular weight excluding hydrogens is 224 g/mol. The predicted octanol–water partition coefficient (Wildman–Crippen LogP) is 2.82. The fraction of sp³-hybridized carbons (Fsp3) is 0.0833. The minimum atomic E-state index is 0. The number of phenols is 1. The third kappa shape index (κ3) is 3.14. The molecule has 0 bridgehead atoms. The molecule has 2 N–H and O–H groups in total. The number of hydrogen-bond donors (Lipinski definition) is 2. The molecule has 0 aliphatic carbocycles. The molecule has 2 aromatic rings. The number of nitrogens with one attached hydrogen (secondary N) is 1. The molecule has 0 aliphatic rings. The van der Waals surface area contributed by atoms with Gasteiger partial charge in [-0.3, -0.25) is 0 Å². The zero-order chi connectivity index (χ0) is 10.5. The number of anilines is 1. The molecule has 0 saturated carbocycles. The van der Waals surface area contributed by atoms with Crippen molar-refractivity contribution in [3.63, 3.8) is 0 Å². The lowest BCUT2D eigenvalue weighted by Crippen LogP contribution is -2.00. The average molecular weight is 237 g/mol. The van der Waals surface area contributed by atoms with E-state index in [1.165, 1.54) is 0 Å². The van der Waals surface area contributed by atoms with E-state index in [-0.39, 0.29) is 12.4 Å². The predicted molar refractivity (Wildman–Crippen MR) is 66.9 cm³/mol. The molecule has 0 unspecified atom stereocenters. The maximum atomic E-state index is 9.53. The normalized spacial score (nSPS) is 9.25. The molecule has 0 amide bonds. The van der Waals surface area contributed by atoms with Gasteiger partial charge in [0.1, 0.15) is 11.6 Å². The molecule has 0 aliphatic heterocycles. The minimum absolute atomic E-state index is 0. The quantitative estimate of drug-likeness (QED) is 0.862. The molecule has 1 heterocycles. The van der Waals surface area contributed by atoms with E-state index in [1.54, 1.807) is 18.3 Å². The third-order valence-corrected chi connectivity index (χ3v) is 2.12. The lowest BCUT2D eigenvalue weighted by Gasteiger charge is -2.06. The maximum absolute atomic E-state index is 9.53. The van der Waals surface area contributed by atoms with Crippen molar-refractivity contribution in [1.29, 1.82) is 0 Å². The van der Waals surface area contributed by atoms with Crippen LogP contribution in [0, 0.1) is 0 Å². The van der Waals surface area contributed by atoms with E-state index < -0.39 is 0 Å². The van der Waals surface area contributed by atoms with Gasteiger partial charge in [0.25, 0.3) is 0 Å². The van der Waals surface area contributed by atoms with Gasteiger partial charge in [-0.05, 0) is 18.2 Å².